The Bertz CT molecular complexity index is 353. The molecule has 0 bridgehead atoms. The zero-order valence-electron chi connectivity index (χ0n) is 8.24. The van der Waals surface area contributed by atoms with E-state index in [1.807, 2.05) is 0 Å². The quantitative estimate of drug-likeness (QED) is 0.674. The van der Waals surface area contributed by atoms with E-state index >= 15 is 0 Å². The Kier molecular flexibility index (Phi) is 2.25. The molecule has 0 atom stereocenters. The molecule has 76 valence electrons. The second-order valence-corrected chi connectivity index (χ2v) is 3.24. The van der Waals surface area contributed by atoms with Crippen molar-refractivity contribution >= 4 is 5.91 Å². The van der Waals surface area contributed by atoms with E-state index in [-0.39, 0.29) is 11.7 Å². The monoisotopic (exact) mass is 196 g/mol. The third-order valence-corrected chi connectivity index (χ3v) is 2.08. The van der Waals surface area contributed by atoms with Crippen LogP contribution in [-0.2, 0) is 4.84 Å². The molecule has 14 heavy (non-hydrogen) atoms. The van der Waals surface area contributed by atoms with Crippen LogP contribution in [0.5, 0.6) is 0 Å². The van der Waals surface area contributed by atoms with Gasteiger partial charge < -0.3 is 4.42 Å². The third-order valence-electron chi connectivity index (χ3n) is 2.08. The van der Waals surface area contributed by atoms with Crippen LogP contribution in [0.1, 0.15) is 28.6 Å². The first-order valence-electron chi connectivity index (χ1n) is 4.57. The zero-order valence-corrected chi connectivity index (χ0v) is 8.24. The van der Waals surface area contributed by atoms with Gasteiger partial charge in [-0.25, -0.2) is 10.0 Å². The van der Waals surface area contributed by atoms with Crippen molar-refractivity contribution in [3.63, 3.8) is 0 Å². The molecule has 1 aromatic rings. The molecule has 0 aromatic carbocycles. The van der Waals surface area contributed by atoms with Crippen LogP contribution in [0.3, 0.4) is 0 Å². The van der Waals surface area contributed by atoms with E-state index in [1.165, 1.54) is 5.06 Å². The van der Waals surface area contributed by atoms with Gasteiger partial charge in [0.05, 0.1) is 18.8 Å². The summed E-state index contributed by atoms with van der Waals surface area (Å²) in [6.07, 6.45) is 0.873. The minimum Gasteiger partial charge on any atom is -0.435 e. The molecular weight excluding hydrogens is 184 g/mol. The molecule has 1 fully saturated rings. The van der Waals surface area contributed by atoms with E-state index in [0.717, 1.165) is 6.42 Å². The van der Waals surface area contributed by atoms with Gasteiger partial charge in [-0.15, -0.1) is 0 Å². The van der Waals surface area contributed by atoms with Crippen LogP contribution >= 0.6 is 0 Å². The van der Waals surface area contributed by atoms with E-state index in [1.54, 1.807) is 13.8 Å². The van der Waals surface area contributed by atoms with E-state index in [4.69, 9.17) is 9.25 Å². The largest absolute Gasteiger partial charge is 0.435 e. The van der Waals surface area contributed by atoms with Crippen LogP contribution in [0.4, 0.5) is 0 Å². The van der Waals surface area contributed by atoms with E-state index in [9.17, 15) is 4.79 Å². The molecule has 2 rings (SSSR count). The van der Waals surface area contributed by atoms with Crippen LogP contribution in [0, 0.1) is 13.8 Å². The first kappa shape index (κ1) is 9.21. The number of carbonyl (C=O) groups excluding carboxylic acids is 1. The summed E-state index contributed by atoms with van der Waals surface area (Å²) in [6.45, 7) is 4.68. The van der Waals surface area contributed by atoms with Gasteiger partial charge in [0, 0.05) is 6.92 Å². The normalized spacial score (nSPS) is 16.3. The Morgan fingerprint density at radius 3 is 2.79 bits per heavy atom. The zero-order chi connectivity index (χ0) is 10.1. The minimum atomic E-state index is -0.236. The SMILES string of the molecule is Cc1nc(C)c(C(=O)N2CCCO2)o1. The fraction of sp³-hybridized carbons (Fsp3) is 0.556. The molecule has 5 heteroatoms. The second kappa shape index (κ2) is 3.42. The molecule has 2 heterocycles. The van der Waals surface area contributed by atoms with Gasteiger partial charge in [0.1, 0.15) is 0 Å². The summed E-state index contributed by atoms with van der Waals surface area (Å²) in [6, 6.07) is 0. The fourth-order valence-corrected chi connectivity index (χ4v) is 1.45. The molecule has 1 amide bonds. The number of amides is 1. The number of hydrogen-bond donors (Lipinski definition) is 0. The molecule has 1 aromatic heterocycles. The number of hydroxylamine groups is 2. The molecule has 0 unspecified atom stereocenters. The maximum Gasteiger partial charge on any atom is 0.315 e. The highest BCUT2D eigenvalue weighted by Crippen LogP contribution is 2.15. The van der Waals surface area contributed by atoms with E-state index < -0.39 is 0 Å². The first-order chi connectivity index (χ1) is 6.68. The highest BCUT2D eigenvalue weighted by atomic mass is 16.7. The molecule has 5 nitrogen and oxygen atoms in total. The minimum absolute atomic E-state index is 0.236. The van der Waals surface area contributed by atoms with Gasteiger partial charge in [-0.05, 0) is 13.3 Å². The van der Waals surface area contributed by atoms with Crippen LogP contribution in [-0.4, -0.2) is 29.1 Å². The van der Waals surface area contributed by atoms with Crippen molar-refractivity contribution in [2.75, 3.05) is 13.2 Å². The van der Waals surface area contributed by atoms with Crippen LogP contribution < -0.4 is 0 Å². The van der Waals surface area contributed by atoms with Crippen LogP contribution in [0.15, 0.2) is 4.42 Å². The summed E-state index contributed by atoms with van der Waals surface area (Å²) in [5, 5.41) is 1.33. The predicted octanol–water partition coefficient (Wildman–Crippen LogP) is 1.07. The van der Waals surface area contributed by atoms with Crippen LogP contribution in [0.2, 0.25) is 0 Å². The standard InChI is InChI=1S/C9H12N2O3/c1-6-8(14-7(2)10-6)9(12)11-4-3-5-13-11/h3-5H2,1-2H3. The second-order valence-electron chi connectivity index (χ2n) is 3.24. The van der Waals surface area contributed by atoms with Crippen molar-refractivity contribution in [2.45, 2.75) is 20.3 Å². The van der Waals surface area contributed by atoms with Crippen molar-refractivity contribution in [3.8, 4) is 0 Å². The molecular formula is C9H12N2O3. The van der Waals surface area contributed by atoms with Crippen molar-refractivity contribution in [1.82, 2.24) is 10.0 Å². The maximum absolute atomic E-state index is 11.7. The van der Waals surface area contributed by atoms with Gasteiger partial charge in [-0.1, -0.05) is 0 Å². The lowest BCUT2D eigenvalue weighted by atomic mass is 10.3. The van der Waals surface area contributed by atoms with E-state index in [2.05, 4.69) is 4.98 Å². The topological polar surface area (TPSA) is 55.6 Å². The lowest BCUT2D eigenvalue weighted by Gasteiger charge is -2.11. The van der Waals surface area contributed by atoms with Crippen molar-refractivity contribution < 1.29 is 14.0 Å². The summed E-state index contributed by atoms with van der Waals surface area (Å²) in [7, 11) is 0. The van der Waals surface area contributed by atoms with Gasteiger partial charge in [-0.2, -0.15) is 0 Å². The lowest BCUT2D eigenvalue weighted by Crippen LogP contribution is -2.26. The Labute approximate surface area is 81.6 Å². The fourth-order valence-electron chi connectivity index (χ4n) is 1.45. The molecule has 0 saturated carbocycles. The number of nitrogens with zero attached hydrogens (tertiary/aromatic N) is 2. The number of hydrogen-bond acceptors (Lipinski definition) is 4. The molecule has 0 N–H and O–H groups in total. The van der Waals surface area contributed by atoms with Gasteiger partial charge in [0.2, 0.25) is 5.76 Å². The summed E-state index contributed by atoms with van der Waals surface area (Å²) in [4.78, 5) is 20.9. The summed E-state index contributed by atoms with van der Waals surface area (Å²) >= 11 is 0. The first-order valence-corrected chi connectivity index (χ1v) is 4.57. The van der Waals surface area contributed by atoms with Gasteiger partial charge >= 0.3 is 5.91 Å². The summed E-state index contributed by atoms with van der Waals surface area (Å²) < 4.78 is 5.21. The Balaban J connectivity index is 2.21. The highest BCUT2D eigenvalue weighted by molar-refractivity contribution is 5.91. The van der Waals surface area contributed by atoms with Crippen molar-refractivity contribution in [3.05, 3.63) is 17.3 Å². The van der Waals surface area contributed by atoms with Crippen LogP contribution in [0.25, 0.3) is 0 Å². The van der Waals surface area contributed by atoms with Gasteiger partial charge in [0.25, 0.3) is 0 Å². The molecule has 1 saturated heterocycles. The van der Waals surface area contributed by atoms with E-state index in [0.29, 0.717) is 24.7 Å². The Hall–Kier alpha value is -1.36. The molecule has 0 aliphatic carbocycles. The number of carbonyl (C=O) groups is 1. The highest BCUT2D eigenvalue weighted by Gasteiger charge is 2.25. The number of rotatable bonds is 1. The summed E-state index contributed by atoms with van der Waals surface area (Å²) in [5.41, 5.74) is 0.614. The average molecular weight is 196 g/mol. The maximum atomic E-state index is 11.7. The van der Waals surface area contributed by atoms with Gasteiger partial charge in [-0.3, -0.25) is 9.63 Å². The Morgan fingerprint density at radius 1 is 1.50 bits per heavy atom. The third kappa shape index (κ3) is 1.50. The average Bonchev–Trinajstić information content (AvgIpc) is 2.73. The van der Waals surface area contributed by atoms with Gasteiger partial charge in [0.15, 0.2) is 5.89 Å². The molecule has 1 aliphatic heterocycles. The lowest BCUT2D eigenvalue weighted by molar-refractivity contribution is -0.0785. The number of aryl methyl sites for hydroxylation is 2. The summed E-state index contributed by atoms with van der Waals surface area (Å²) in [5.74, 6) is 0.551. The van der Waals surface area contributed by atoms with Crippen molar-refractivity contribution in [2.24, 2.45) is 0 Å². The number of oxazole rings is 1. The number of aromatic nitrogens is 1. The Morgan fingerprint density at radius 2 is 2.29 bits per heavy atom. The molecule has 0 spiro atoms. The predicted molar refractivity (Wildman–Crippen MR) is 47.6 cm³/mol. The smallest absolute Gasteiger partial charge is 0.315 e. The molecule has 0 radical (unpaired) electrons. The molecule has 1 aliphatic rings. The van der Waals surface area contributed by atoms with Crippen molar-refractivity contribution in [1.29, 1.82) is 0 Å².